The normalized spacial score (nSPS) is 20.3. The second kappa shape index (κ2) is 3.61. The summed E-state index contributed by atoms with van der Waals surface area (Å²) in [5, 5.41) is 0. The first-order valence-corrected chi connectivity index (χ1v) is 6.80. The zero-order valence-corrected chi connectivity index (χ0v) is 10.7. The van der Waals surface area contributed by atoms with Crippen LogP contribution in [0.15, 0.2) is 42.5 Å². The van der Waals surface area contributed by atoms with Gasteiger partial charge in [0.25, 0.3) is 0 Å². The molecular weight excluding hydrogens is 218 g/mol. The van der Waals surface area contributed by atoms with E-state index in [0.29, 0.717) is 5.92 Å². The molecule has 0 radical (unpaired) electrons. The smallest absolute Gasteiger partial charge is 0.0449 e. The molecule has 0 amide bonds. The third-order valence-corrected chi connectivity index (χ3v) is 4.50. The van der Waals surface area contributed by atoms with Crippen molar-refractivity contribution >= 4 is 11.4 Å². The van der Waals surface area contributed by atoms with Crippen LogP contribution in [0.25, 0.3) is 0 Å². The van der Waals surface area contributed by atoms with Crippen LogP contribution < -0.4 is 4.90 Å². The second-order valence-electron chi connectivity index (χ2n) is 5.41. The molecule has 90 valence electrons. The van der Waals surface area contributed by atoms with E-state index >= 15 is 0 Å². The lowest BCUT2D eigenvalue weighted by atomic mass is 9.75. The summed E-state index contributed by atoms with van der Waals surface area (Å²) in [5.41, 5.74) is 7.46. The molecular formula is C17H17N. The molecule has 2 aliphatic rings. The molecule has 1 atom stereocenters. The highest BCUT2D eigenvalue weighted by atomic mass is 15.1. The van der Waals surface area contributed by atoms with Gasteiger partial charge in [-0.3, -0.25) is 0 Å². The number of fused-ring (bicyclic) bond motifs is 2. The molecule has 2 aromatic rings. The Bertz CT molecular complexity index is 615. The summed E-state index contributed by atoms with van der Waals surface area (Å²) in [4.78, 5) is 2.36. The lowest BCUT2D eigenvalue weighted by molar-refractivity contribution is 0.609. The summed E-state index contributed by atoms with van der Waals surface area (Å²) in [5.74, 6) is 0.623. The van der Waals surface area contributed by atoms with E-state index in [4.69, 9.17) is 0 Å². The summed E-state index contributed by atoms with van der Waals surface area (Å²) in [6.45, 7) is 0. The molecule has 1 heterocycles. The van der Waals surface area contributed by atoms with E-state index in [9.17, 15) is 0 Å². The predicted molar refractivity (Wildman–Crippen MR) is 75.7 cm³/mol. The summed E-state index contributed by atoms with van der Waals surface area (Å²) in [6, 6.07) is 15.7. The van der Waals surface area contributed by atoms with Gasteiger partial charge in [-0.25, -0.2) is 0 Å². The molecule has 1 unspecified atom stereocenters. The second-order valence-corrected chi connectivity index (χ2v) is 5.41. The fourth-order valence-electron chi connectivity index (χ4n) is 3.68. The Labute approximate surface area is 108 Å². The number of aryl methyl sites for hydroxylation is 1. The van der Waals surface area contributed by atoms with Gasteiger partial charge in [0.05, 0.1) is 0 Å². The average molecular weight is 235 g/mol. The van der Waals surface area contributed by atoms with Crippen LogP contribution in [-0.2, 0) is 6.42 Å². The summed E-state index contributed by atoms with van der Waals surface area (Å²) < 4.78 is 0. The molecule has 4 rings (SSSR count). The number of benzene rings is 2. The highest BCUT2D eigenvalue weighted by molar-refractivity contribution is 5.77. The third-order valence-electron chi connectivity index (χ3n) is 4.50. The van der Waals surface area contributed by atoms with Gasteiger partial charge in [0.1, 0.15) is 0 Å². The van der Waals surface area contributed by atoms with Gasteiger partial charge in [-0.2, -0.15) is 0 Å². The molecule has 0 spiro atoms. The van der Waals surface area contributed by atoms with Gasteiger partial charge in [-0.05, 0) is 48.1 Å². The topological polar surface area (TPSA) is 3.24 Å². The SMILES string of the molecule is CN1c2ccccc2C2CCCc3cccc1c32. The van der Waals surface area contributed by atoms with Gasteiger partial charge < -0.3 is 4.90 Å². The van der Waals surface area contributed by atoms with E-state index in [1.54, 1.807) is 11.1 Å². The van der Waals surface area contributed by atoms with Crippen molar-refractivity contribution < 1.29 is 0 Å². The maximum Gasteiger partial charge on any atom is 0.0449 e. The lowest BCUT2D eigenvalue weighted by Crippen LogP contribution is -2.25. The number of hydrogen-bond acceptors (Lipinski definition) is 1. The van der Waals surface area contributed by atoms with E-state index in [2.05, 4.69) is 54.4 Å². The molecule has 0 bridgehead atoms. The monoisotopic (exact) mass is 235 g/mol. The molecule has 0 fully saturated rings. The van der Waals surface area contributed by atoms with E-state index in [1.807, 2.05) is 0 Å². The van der Waals surface area contributed by atoms with Crippen LogP contribution in [0.5, 0.6) is 0 Å². The van der Waals surface area contributed by atoms with Gasteiger partial charge in [-0.15, -0.1) is 0 Å². The van der Waals surface area contributed by atoms with Gasteiger partial charge in [-0.1, -0.05) is 30.3 Å². The molecule has 1 nitrogen and oxygen atoms in total. The lowest BCUT2D eigenvalue weighted by Gasteiger charge is -2.39. The van der Waals surface area contributed by atoms with Crippen LogP contribution in [0, 0.1) is 0 Å². The highest BCUT2D eigenvalue weighted by Gasteiger charge is 2.32. The van der Waals surface area contributed by atoms with Gasteiger partial charge in [0.2, 0.25) is 0 Å². The minimum Gasteiger partial charge on any atom is -0.344 e. The van der Waals surface area contributed by atoms with E-state index in [0.717, 1.165) is 0 Å². The Morgan fingerprint density at radius 1 is 1.00 bits per heavy atom. The van der Waals surface area contributed by atoms with Gasteiger partial charge in [0.15, 0.2) is 0 Å². The quantitative estimate of drug-likeness (QED) is 0.660. The molecule has 0 saturated carbocycles. The zero-order chi connectivity index (χ0) is 12.1. The minimum atomic E-state index is 0.623. The fourth-order valence-corrected chi connectivity index (χ4v) is 3.68. The van der Waals surface area contributed by atoms with Crippen LogP contribution >= 0.6 is 0 Å². The van der Waals surface area contributed by atoms with Crippen LogP contribution in [0.2, 0.25) is 0 Å². The number of anilines is 2. The van der Waals surface area contributed by atoms with Crippen LogP contribution in [0.3, 0.4) is 0 Å². The third kappa shape index (κ3) is 1.22. The fraction of sp³-hybridized carbons (Fsp3) is 0.294. The number of rotatable bonds is 0. The maximum absolute atomic E-state index is 2.36. The molecule has 1 aliphatic heterocycles. The first-order valence-electron chi connectivity index (χ1n) is 6.80. The summed E-state index contributed by atoms with van der Waals surface area (Å²) in [6.07, 6.45) is 3.86. The molecule has 2 aromatic carbocycles. The van der Waals surface area contributed by atoms with Crippen LogP contribution in [0.1, 0.15) is 35.4 Å². The summed E-state index contributed by atoms with van der Waals surface area (Å²) in [7, 11) is 2.19. The van der Waals surface area contributed by atoms with E-state index < -0.39 is 0 Å². The Morgan fingerprint density at radius 2 is 1.83 bits per heavy atom. The standard InChI is InChI=1S/C17H17N/c1-18-15-10-3-2-8-13(15)14-9-4-6-12-7-5-11-16(18)17(12)14/h2-3,5,7-8,10-11,14H,4,6,9H2,1H3. The van der Waals surface area contributed by atoms with Crippen molar-refractivity contribution in [2.24, 2.45) is 0 Å². The van der Waals surface area contributed by atoms with E-state index in [1.165, 1.54) is 36.2 Å². The number of nitrogens with zero attached hydrogens (tertiary/aromatic N) is 1. The van der Waals surface area contributed by atoms with Crippen molar-refractivity contribution in [1.82, 2.24) is 0 Å². The Balaban J connectivity index is 2.03. The first kappa shape index (κ1) is 10.2. The van der Waals surface area contributed by atoms with Crippen molar-refractivity contribution in [1.29, 1.82) is 0 Å². The van der Waals surface area contributed by atoms with Crippen LogP contribution in [-0.4, -0.2) is 7.05 Å². The molecule has 0 aromatic heterocycles. The van der Waals surface area contributed by atoms with Gasteiger partial charge >= 0.3 is 0 Å². The Hall–Kier alpha value is -1.76. The Morgan fingerprint density at radius 3 is 2.78 bits per heavy atom. The molecule has 18 heavy (non-hydrogen) atoms. The number of para-hydroxylation sites is 1. The van der Waals surface area contributed by atoms with Crippen molar-refractivity contribution in [2.75, 3.05) is 11.9 Å². The average Bonchev–Trinajstić information content (AvgIpc) is 2.44. The van der Waals surface area contributed by atoms with Crippen molar-refractivity contribution in [2.45, 2.75) is 25.2 Å². The minimum absolute atomic E-state index is 0.623. The summed E-state index contributed by atoms with van der Waals surface area (Å²) >= 11 is 0. The molecule has 0 saturated heterocycles. The Kier molecular flexibility index (Phi) is 2.05. The van der Waals surface area contributed by atoms with Crippen molar-refractivity contribution in [3.8, 4) is 0 Å². The van der Waals surface area contributed by atoms with Gasteiger partial charge in [0, 0.05) is 24.3 Å². The van der Waals surface area contributed by atoms with Crippen LogP contribution in [0.4, 0.5) is 11.4 Å². The van der Waals surface area contributed by atoms with Crippen molar-refractivity contribution in [3.63, 3.8) is 0 Å². The predicted octanol–water partition coefficient (Wildman–Crippen LogP) is 4.24. The van der Waals surface area contributed by atoms with Crippen molar-refractivity contribution in [3.05, 3.63) is 59.2 Å². The highest BCUT2D eigenvalue weighted by Crippen LogP contribution is 2.49. The number of hydrogen-bond donors (Lipinski definition) is 0. The largest absolute Gasteiger partial charge is 0.344 e. The maximum atomic E-state index is 2.36. The first-order chi connectivity index (χ1) is 8.86. The molecule has 1 aliphatic carbocycles. The molecule has 0 N–H and O–H groups in total. The zero-order valence-electron chi connectivity index (χ0n) is 10.7. The van der Waals surface area contributed by atoms with E-state index in [-0.39, 0.29) is 0 Å². The molecule has 1 heteroatoms.